The summed E-state index contributed by atoms with van der Waals surface area (Å²) in [5.74, 6) is 0. The Hall–Kier alpha value is -1.59. The molecule has 0 saturated carbocycles. The largest absolute Gasteiger partial charge is 0.437 e. The number of cyclic esters (lactones) is 1. The number of benzene rings is 1. The third-order valence-corrected chi connectivity index (χ3v) is 3.39. The lowest BCUT2D eigenvalue weighted by molar-refractivity contribution is -0.141. The minimum atomic E-state index is -1.39. The second-order valence-corrected chi connectivity index (χ2v) is 5.05. The lowest BCUT2D eigenvalue weighted by Gasteiger charge is -2.34. The fraction of sp³-hybridized carbons (Fsp3) is 0.462. The van der Waals surface area contributed by atoms with Gasteiger partial charge in [0.05, 0.1) is 0 Å². The number of amides is 1. The van der Waals surface area contributed by atoms with Gasteiger partial charge in [0.2, 0.25) is 0 Å². The van der Waals surface area contributed by atoms with Crippen LogP contribution in [0.15, 0.2) is 30.3 Å². The highest BCUT2D eigenvalue weighted by atomic mass is 16.6. The predicted molar refractivity (Wildman–Crippen MR) is 66.3 cm³/mol. The number of carbonyl (C=O) groups is 1. The molecule has 1 aromatic rings. The van der Waals surface area contributed by atoms with E-state index < -0.39 is 17.4 Å². The number of carbonyl (C=O) groups excluding carboxylic acids is 1. The van der Waals surface area contributed by atoms with Crippen LogP contribution in [0.25, 0.3) is 0 Å². The van der Waals surface area contributed by atoms with E-state index in [1.54, 1.807) is 20.8 Å². The normalized spacial score (nSPS) is 26.2. The maximum atomic E-state index is 11.7. The van der Waals surface area contributed by atoms with Gasteiger partial charge in [0.25, 0.3) is 0 Å². The van der Waals surface area contributed by atoms with E-state index in [-0.39, 0.29) is 0 Å². The number of rotatable bonds is 3. The van der Waals surface area contributed by atoms with Crippen LogP contribution in [0.3, 0.4) is 0 Å². The molecule has 1 aliphatic rings. The van der Waals surface area contributed by atoms with E-state index in [9.17, 15) is 9.90 Å². The molecule has 1 aliphatic heterocycles. The summed E-state index contributed by atoms with van der Waals surface area (Å²) in [7, 11) is 0. The first kappa shape index (κ1) is 12.9. The zero-order valence-corrected chi connectivity index (χ0v) is 10.8. The molecule has 1 amide bonds. The number of aliphatic hydroxyl groups is 1. The van der Waals surface area contributed by atoms with Crippen molar-refractivity contribution in [2.24, 2.45) is 0 Å². The molecule has 1 heterocycles. The van der Waals surface area contributed by atoms with Gasteiger partial charge in [-0.3, -0.25) is 0 Å². The molecule has 1 atom stereocenters. The number of ether oxygens (including phenoxy) is 1. The van der Waals surface area contributed by atoms with Crippen LogP contribution < -0.4 is 5.43 Å². The van der Waals surface area contributed by atoms with Crippen molar-refractivity contribution in [3.8, 4) is 0 Å². The summed E-state index contributed by atoms with van der Waals surface area (Å²) in [6.45, 7) is 5.35. The van der Waals surface area contributed by atoms with E-state index in [2.05, 4.69) is 5.43 Å². The Morgan fingerprint density at radius 1 is 1.28 bits per heavy atom. The van der Waals surface area contributed by atoms with Gasteiger partial charge in [0.1, 0.15) is 0 Å². The highest BCUT2D eigenvalue weighted by molar-refractivity contribution is 5.71. The Morgan fingerprint density at radius 2 is 1.89 bits per heavy atom. The maximum Gasteiger partial charge on any atom is 0.427 e. The summed E-state index contributed by atoms with van der Waals surface area (Å²) >= 11 is 0. The molecule has 5 nitrogen and oxygen atoms in total. The minimum absolute atomic E-state index is 0.447. The first-order chi connectivity index (χ1) is 8.34. The van der Waals surface area contributed by atoms with Crippen LogP contribution in [0, 0.1) is 0 Å². The zero-order valence-electron chi connectivity index (χ0n) is 10.8. The van der Waals surface area contributed by atoms with Crippen molar-refractivity contribution in [3.63, 3.8) is 0 Å². The van der Waals surface area contributed by atoms with Gasteiger partial charge in [0, 0.05) is 6.54 Å². The molecule has 98 valence electrons. The zero-order chi connectivity index (χ0) is 13.4. The Kier molecular flexibility index (Phi) is 3.04. The van der Waals surface area contributed by atoms with Crippen molar-refractivity contribution < 1.29 is 14.6 Å². The third-order valence-electron chi connectivity index (χ3n) is 3.39. The second-order valence-electron chi connectivity index (χ2n) is 5.05. The van der Waals surface area contributed by atoms with Crippen LogP contribution in [-0.4, -0.2) is 27.5 Å². The predicted octanol–water partition coefficient (Wildman–Crippen LogP) is 1.63. The average Bonchev–Trinajstić information content (AvgIpc) is 2.43. The topological polar surface area (TPSA) is 61.8 Å². The number of nitrogens with zero attached hydrogens (tertiary/aromatic N) is 1. The highest BCUT2D eigenvalue weighted by Gasteiger charge is 2.56. The van der Waals surface area contributed by atoms with Crippen molar-refractivity contribution >= 4 is 6.09 Å². The molecule has 0 radical (unpaired) electrons. The molecule has 5 heteroatoms. The lowest BCUT2D eigenvalue weighted by Crippen LogP contribution is -2.58. The van der Waals surface area contributed by atoms with Crippen molar-refractivity contribution in [2.75, 3.05) is 0 Å². The van der Waals surface area contributed by atoms with Gasteiger partial charge in [-0.05, 0) is 26.3 Å². The van der Waals surface area contributed by atoms with E-state index in [1.165, 1.54) is 0 Å². The number of hydrogen-bond acceptors (Lipinski definition) is 4. The van der Waals surface area contributed by atoms with E-state index >= 15 is 0 Å². The molecule has 1 aromatic carbocycles. The van der Waals surface area contributed by atoms with Crippen LogP contribution in [0.4, 0.5) is 4.79 Å². The summed E-state index contributed by atoms with van der Waals surface area (Å²) in [6.07, 6.45) is -0.569. The van der Waals surface area contributed by atoms with E-state index in [1.807, 2.05) is 30.3 Å². The third kappa shape index (κ3) is 2.07. The highest BCUT2D eigenvalue weighted by Crippen LogP contribution is 2.35. The van der Waals surface area contributed by atoms with Crippen molar-refractivity contribution in [2.45, 2.75) is 38.6 Å². The van der Waals surface area contributed by atoms with Gasteiger partial charge < -0.3 is 9.84 Å². The Balaban J connectivity index is 2.08. The Bertz CT molecular complexity index is 443. The van der Waals surface area contributed by atoms with E-state index in [0.29, 0.717) is 6.54 Å². The quantitative estimate of drug-likeness (QED) is 0.856. The molecule has 2 rings (SSSR count). The number of hydrazine groups is 1. The molecule has 0 spiro atoms. The summed E-state index contributed by atoms with van der Waals surface area (Å²) < 4.78 is 5.14. The van der Waals surface area contributed by atoms with Crippen molar-refractivity contribution in [3.05, 3.63) is 35.9 Å². The van der Waals surface area contributed by atoms with Crippen LogP contribution in [0.5, 0.6) is 0 Å². The van der Waals surface area contributed by atoms with Crippen LogP contribution in [-0.2, 0) is 11.3 Å². The molecule has 1 saturated heterocycles. The standard InChI is InChI=1S/C13H18N2O3/c1-12(2)13(3,17)15(11(16)18-12)14-9-10-7-5-4-6-8-10/h4-8,14,17H,9H2,1-3H3/t13-/m1/s1. The average molecular weight is 250 g/mol. The fourth-order valence-corrected chi connectivity index (χ4v) is 1.79. The van der Waals surface area contributed by atoms with Crippen molar-refractivity contribution in [1.29, 1.82) is 0 Å². The van der Waals surface area contributed by atoms with E-state index in [4.69, 9.17) is 4.74 Å². The molecule has 0 bridgehead atoms. The molecule has 0 aliphatic carbocycles. The fourth-order valence-electron chi connectivity index (χ4n) is 1.79. The summed E-state index contributed by atoms with van der Waals surface area (Å²) in [5.41, 5.74) is 1.58. The first-order valence-corrected chi connectivity index (χ1v) is 5.87. The SMILES string of the molecule is CC1(C)OC(=O)N(NCc2ccccc2)[C@]1(C)O. The molecular formula is C13H18N2O3. The maximum absolute atomic E-state index is 11.7. The van der Waals surface area contributed by atoms with Gasteiger partial charge in [0.15, 0.2) is 11.3 Å². The second kappa shape index (κ2) is 4.26. The lowest BCUT2D eigenvalue weighted by atomic mass is 9.97. The molecular weight excluding hydrogens is 232 g/mol. The number of nitrogens with one attached hydrogen (secondary N) is 1. The van der Waals surface area contributed by atoms with Crippen LogP contribution in [0.2, 0.25) is 0 Å². The van der Waals surface area contributed by atoms with Gasteiger partial charge in [-0.15, -0.1) is 0 Å². The molecule has 1 fully saturated rings. The van der Waals surface area contributed by atoms with E-state index in [0.717, 1.165) is 10.6 Å². The molecule has 0 unspecified atom stereocenters. The summed E-state index contributed by atoms with van der Waals surface area (Å²) in [4.78, 5) is 11.7. The molecule has 18 heavy (non-hydrogen) atoms. The van der Waals surface area contributed by atoms with Crippen molar-refractivity contribution in [1.82, 2.24) is 10.4 Å². The monoisotopic (exact) mass is 250 g/mol. The Labute approximate surface area is 106 Å². The Morgan fingerprint density at radius 3 is 2.39 bits per heavy atom. The summed E-state index contributed by atoms with van der Waals surface area (Å²) in [6, 6.07) is 9.64. The first-order valence-electron chi connectivity index (χ1n) is 5.87. The van der Waals surface area contributed by atoms with Crippen LogP contribution >= 0.6 is 0 Å². The van der Waals surface area contributed by atoms with Gasteiger partial charge in [-0.1, -0.05) is 30.3 Å². The minimum Gasteiger partial charge on any atom is -0.437 e. The van der Waals surface area contributed by atoms with Gasteiger partial charge in [-0.25, -0.2) is 15.2 Å². The van der Waals surface area contributed by atoms with Crippen LogP contribution in [0.1, 0.15) is 26.3 Å². The van der Waals surface area contributed by atoms with Gasteiger partial charge >= 0.3 is 6.09 Å². The molecule has 0 aromatic heterocycles. The molecule has 2 N–H and O–H groups in total. The summed E-state index contributed by atoms with van der Waals surface area (Å²) in [5, 5.41) is 11.5. The van der Waals surface area contributed by atoms with Gasteiger partial charge in [-0.2, -0.15) is 0 Å². The number of hydrogen-bond donors (Lipinski definition) is 2. The smallest absolute Gasteiger partial charge is 0.427 e.